The minimum Gasteiger partial charge on any atom is -0.461 e. The van der Waals surface area contributed by atoms with Crippen LogP contribution in [0.4, 0.5) is 0 Å². The molecular formula is C24H33N3O4S. The Bertz CT molecular complexity index is 1190. The Labute approximate surface area is 190 Å². The normalized spacial score (nSPS) is 12.1. The van der Waals surface area contributed by atoms with Crippen LogP contribution >= 0.6 is 0 Å². The summed E-state index contributed by atoms with van der Waals surface area (Å²) in [4.78, 5) is 15.0. The molecule has 0 bridgehead atoms. The van der Waals surface area contributed by atoms with E-state index >= 15 is 0 Å². The highest BCUT2D eigenvalue weighted by atomic mass is 32.2. The smallest absolute Gasteiger partial charge is 0.270 e. The van der Waals surface area contributed by atoms with Crippen molar-refractivity contribution in [3.63, 3.8) is 0 Å². The first-order valence-corrected chi connectivity index (χ1v) is 12.6. The molecule has 3 rings (SSSR count). The molecule has 1 aromatic carbocycles. The summed E-state index contributed by atoms with van der Waals surface area (Å²) >= 11 is 0. The minimum absolute atomic E-state index is 0.137. The maximum absolute atomic E-state index is 13.3. The second-order valence-corrected chi connectivity index (χ2v) is 9.96. The van der Waals surface area contributed by atoms with Crippen molar-refractivity contribution in [1.82, 2.24) is 13.8 Å². The molecule has 0 aliphatic rings. The van der Waals surface area contributed by atoms with E-state index < -0.39 is 10.0 Å². The van der Waals surface area contributed by atoms with Gasteiger partial charge in [0.25, 0.3) is 5.91 Å². The van der Waals surface area contributed by atoms with Gasteiger partial charge in [0.05, 0.1) is 0 Å². The molecule has 0 spiro atoms. The summed E-state index contributed by atoms with van der Waals surface area (Å²) in [6.07, 6.45) is 4.39. The molecule has 0 saturated heterocycles. The predicted octanol–water partition coefficient (Wildman–Crippen LogP) is 4.42. The van der Waals surface area contributed by atoms with Gasteiger partial charge in [0.2, 0.25) is 10.0 Å². The van der Waals surface area contributed by atoms with Crippen molar-refractivity contribution >= 4 is 26.9 Å². The van der Waals surface area contributed by atoms with Crippen LogP contribution in [-0.2, 0) is 30.0 Å². The summed E-state index contributed by atoms with van der Waals surface area (Å²) in [5.41, 5.74) is 2.16. The molecule has 32 heavy (non-hydrogen) atoms. The number of hydrogen-bond acceptors (Lipinski definition) is 4. The number of para-hydroxylation sites is 1. The molecule has 0 aliphatic heterocycles. The number of furan rings is 1. The fraction of sp³-hybridized carbons (Fsp3) is 0.458. The Morgan fingerprint density at radius 1 is 1.12 bits per heavy atom. The maximum Gasteiger partial charge on any atom is 0.270 e. The average molecular weight is 460 g/mol. The summed E-state index contributed by atoms with van der Waals surface area (Å²) in [7, 11) is -0.199. The molecule has 0 radical (unpaired) electrons. The Morgan fingerprint density at radius 3 is 2.47 bits per heavy atom. The largest absolute Gasteiger partial charge is 0.461 e. The summed E-state index contributed by atoms with van der Waals surface area (Å²) in [5.74, 6) is 0.671. The summed E-state index contributed by atoms with van der Waals surface area (Å²) in [6.45, 7) is 6.88. The van der Waals surface area contributed by atoms with E-state index in [1.165, 1.54) is 16.6 Å². The van der Waals surface area contributed by atoms with Gasteiger partial charge in [-0.15, -0.1) is 0 Å². The highest BCUT2D eigenvalue weighted by Crippen LogP contribution is 2.29. The number of sulfonamides is 1. The highest BCUT2D eigenvalue weighted by molar-refractivity contribution is 7.89. The average Bonchev–Trinajstić information content (AvgIpc) is 3.33. The van der Waals surface area contributed by atoms with Gasteiger partial charge in [-0.3, -0.25) is 4.79 Å². The maximum atomic E-state index is 13.3. The third-order valence-corrected chi connectivity index (χ3v) is 7.84. The first-order valence-electron chi connectivity index (χ1n) is 11.2. The predicted molar refractivity (Wildman–Crippen MR) is 126 cm³/mol. The van der Waals surface area contributed by atoms with E-state index in [1.54, 1.807) is 37.4 Å². The lowest BCUT2D eigenvalue weighted by molar-refractivity contribution is 0.0775. The van der Waals surface area contributed by atoms with Crippen LogP contribution in [0.25, 0.3) is 11.0 Å². The zero-order chi connectivity index (χ0) is 23.5. The number of carbonyl (C=O) groups is 1. The van der Waals surface area contributed by atoms with Crippen LogP contribution < -0.4 is 0 Å². The third-order valence-electron chi connectivity index (χ3n) is 5.82. The van der Waals surface area contributed by atoms with Crippen LogP contribution in [0.15, 0.2) is 45.8 Å². The Morgan fingerprint density at radius 2 is 1.81 bits per heavy atom. The monoisotopic (exact) mass is 459 g/mol. The van der Waals surface area contributed by atoms with Gasteiger partial charge in [0.1, 0.15) is 21.9 Å². The van der Waals surface area contributed by atoms with Gasteiger partial charge in [-0.1, -0.05) is 45.4 Å². The Hall–Kier alpha value is -2.58. The fourth-order valence-electron chi connectivity index (χ4n) is 3.97. The lowest BCUT2D eigenvalue weighted by atomic mass is 10.1. The van der Waals surface area contributed by atoms with E-state index in [0.717, 1.165) is 41.6 Å². The van der Waals surface area contributed by atoms with Crippen molar-refractivity contribution in [2.24, 2.45) is 7.05 Å². The van der Waals surface area contributed by atoms with Gasteiger partial charge in [0.15, 0.2) is 0 Å². The highest BCUT2D eigenvalue weighted by Gasteiger charge is 2.27. The number of fused-ring (bicyclic) bond motifs is 1. The lowest BCUT2D eigenvalue weighted by Crippen LogP contribution is -2.30. The zero-order valence-electron chi connectivity index (χ0n) is 19.6. The number of carbonyl (C=O) groups excluding carboxylic acids is 1. The summed E-state index contributed by atoms with van der Waals surface area (Å²) in [5, 5.41) is 1.01. The molecule has 2 aromatic heterocycles. The van der Waals surface area contributed by atoms with Crippen molar-refractivity contribution in [2.75, 3.05) is 20.1 Å². The fourth-order valence-corrected chi connectivity index (χ4v) is 5.50. The molecule has 1 amide bonds. The van der Waals surface area contributed by atoms with E-state index in [4.69, 9.17) is 4.42 Å². The molecule has 0 N–H and O–H groups in total. The molecule has 8 heteroatoms. The van der Waals surface area contributed by atoms with Crippen LogP contribution in [0, 0.1) is 0 Å². The lowest BCUT2D eigenvalue weighted by Gasteiger charge is -2.18. The van der Waals surface area contributed by atoms with E-state index in [-0.39, 0.29) is 10.8 Å². The van der Waals surface area contributed by atoms with Gasteiger partial charge in [-0.05, 0) is 18.6 Å². The van der Waals surface area contributed by atoms with E-state index in [2.05, 4.69) is 6.92 Å². The first kappa shape index (κ1) is 24.1. The van der Waals surface area contributed by atoms with Crippen LogP contribution in [0.2, 0.25) is 0 Å². The van der Waals surface area contributed by atoms with Gasteiger partial charge in [-0.2, -0.15) is 4.31 Å². The third kappa shape index (κ3) is 4.61. The number of unbranched alkanes of at least 4 members (excludes halogenated alkanes) is 1. The number of hydrogen-bond donors (Lipinski definition) is 0. The van der Waals surface area contributed by atoms with Crippen LogP contribution in [0.1, 0.15) is 55.4 Å². The first-order chi connectivity index (χ1) is 15.2. The quantitative estimate of drug-likeness (QED) is 0.450. The van der Waals surface area contributed by atoms with E-state index in [9.17, 15) is 13.2 Å². The van der Waals surface area contributed by atoms with Gasteiger partial charge in [0, 0.05) is 57.3 Å². The molecule has 0 aliphatic carbocycles. The van der Waals surface area contributed by atoms with Gasteiger partial charge >= 0.3 is 0 Å². The molecule has 0 saturated carbocycles. The second-order valence-electron chi connectivity index (χ2n) is 8.03. The molecule has 0 unspecified atom stereocenters. The number of rotatable bonds is 10. The SMILES string of the molecule is CCCCc1oc2ccccc2c1CN(C)C(=O)c1cc(S(=O)(=O)N(CC)CC)cn1C. The van der Waals surface area contributed by atoms with Crippen molar-refractivity contribution in [2.45, 2.75) is 51.5 Å². The Balaban J connectivity index is 1.90. The van der Waals surface area contributed by atoms with Crippen LogP contribution in [-0.4, -0.2) is 48.2 Å². The summed E-state index contributed by atoms with van der Waals surface area (Å²) in [6, 6.07) is 9.33. The molecule has 7 nitrogen and oxygen atoms in total. The van der Waals surface area contributed by atoms with Crippen LogP contribution in [0.3, 0.4) is 0 Å². The number of amides is 1. The van der Waals surface area contributed by atoms with Crippen molar-refractivity contribution in [1.29, 1.82) is 0 Å². The number of nitrogens with zero attached hydrogens (tertiary/aromatic N) is 3. The molecule has 2 heterocycles. The van der Waals surface area contributed by atoms with Gasteiger partial charge in [-0.25, -0.2) is 8.42 Å². The molecule has 174 valence electrons. The van der Waals surface area contributed by atoms with Crippen molar-refractivity contribution in [3.05, 3.63) is 53.5 Å². The molecule has 0 fully saturated rings. The molecule has 0 atom stereocenters. The van der Waals surface area contributed by atoms with E-state index in [0.29, 0.717) is 25.3 Å². The molecule has 3 aromatic rings. The second kappa shape index (κ2) is 9.92. The standard InChI is InChI=1S/C24H33N3O4S/c1-6-9-13-23-20(19-12-10-11-14-22(19)31-23)17-26(5)24(28)21-15-18(16-25(21)4)32(29,30)27(7-2)8-3/h10-12,14-16H,6-9,13,17H2,1-5H3. The number of benzene rings is 1. The molecular weight excluding hydrogens is 426 g/mol. The topological polar surface area (TPSA) is 75.8 Å². The zero-order valence-corrected chi connectivity index (χ0v) is 20.4. The van der Waals surface area contributed by atoms with Crippen molar-refractivity contribution in [3.8, 4) is 0 Å². The number of aromatic nitrogens is 1. The van der Waals surface area contributed by atoms with E-state index in [1.807, 2.05) is 24.3 Å². The van der Waals surface area contributed by atoms with Crippen molar-refractivity contribution < 1.29 is 17.6 Å². The number of aryl methyl sites for hydroxylation is 2. The van der Waals surface area contributed by atoms with Gasteiger partial charge < -0.3 is 13.9 Å². The Kier molecular flexibility index (Phi) is 7.46. The summed E-state index contributed by atoms with van der Waals surface area (Å²) < 4.78 is 34.8. The van der Waals surface area contributed by atoms with Crippen LogP contribution in [0.5, 0.6) is 0 Å². The minimum atomic E-state index is -3.63.